The van der Waals surface area contributed by atoms with Gasteiger partial charge in [-0.25, -0.2) is 33.4 Å². The van der Waals surface area contributed by atoms with Gasteiger partial charge in [0.05, 0.1) is 12.9 Å². The van der Waals surface area contributed by atoms with E-state index in [1.807, 2.05) is 0 Å². The van der Waals surface area contributed by atoms with Crippen LogP contribution in [0.3, 0.4) is 0 Å². The van der Waals surface area contributed by atoms with Gasteiger partial charge in [-0.1, -0.05) is 11.2 Å². The van der Waals surface area contributed by atoms with Crippen molar-refractivity contribution in [1.29, 1.82) is 0 Å². The maximum Gasteiger partial charge on any atom is 0.490 e. The first-order valence-corrected chi connectivity index (χ1v) is 14.5. The van der Waals surface area contributed by atoms with Crippen LogP contribution in [0.2, 0.25) is 0 Å². The van der Waals surface area contributed by atoms with Crippen molar-refractivity contribution in [2.24, 2.45) is 5.11 Å². The molecule has 3 unspecified atom stereocenters. The number of nitrogen functional groups attached to an aromatic ring is 1. The predicted octanol–water partition coefficient (Wildman–Crippen LogP) is 0.818. The van der Waals surface area contributed by atoms with Gasteiger partial charge in [0.1, 0.15) is 30.3 Å². The lowest BCUT2D eigenvalue weighted by atomic mass is 10.2. The van der Waals surface area contributed by atoms with Crippen molar-refractivity contribution >= 4 is 46.4 Å². The number of carbonyl (C=O) groups excluding carboxylic acids is 1. The Morgan fingerprint density at radius 3 is 2.66 bits per heavy atom. The fourth-order valence-corrected chi connectivity index (χ4v) is 6.15. The SMILES string of the molecule is [N-]=[N+]=NC/C=C/C(=O)OC1C[C@H](n2cnc3c(N)ncnc32)O[C@@H]1COP(=O)(O)OP(=O)(O)OP(=O)(O)O. The first-order valence-electron chi connectivity index (χ1n) is 9.94. The topological polar surface area (TPSA) is 314 Å². The first-order chi connectivity index (χ1) is 17.7. The Hall–Kier alpha value is -2.76. The summed E-state index contributed by atoms with van der Waals surface area (Å²) in [5.41, 5.74) is 14.5. The number of fused-ring (bicyclic) bond motifs is 1. The molecule has 3 heterocycles. The largest absolute Gasteiger partial charge is 0.490 e. The van der Waals surface area contributed by atoms with Gasteiger partial charge < -0.3 is 34.8 Å². The number of nitrogens with two attached hydrogens (primary N) is 1. The van der Waals surface area contributed by atoms with E-state index in [9.17, 15) is 28.3 Å². The van der Waals surface area contributed by atoms with E-state index in [0.29, 0.717) is 0 Å². The number of aromatic nitrogens is 4. The van der Waals surface area contributed by atoms with Crippen LogP contribution >= 0.6 is 23.5 Å². The van der Waals surface area contributed by atoms with E-state index in [0.717, 1.165) is 6.08 Å². The lowest BCUT2D eigenvalue weighted by Crippen LogP contribution is -2.30. The second kappa shape index (κ2) is 12.0. The molecule has 2 aromatic rings. The van der Waals surface area contributed by atoms with E-state index in [2.05, 4.69) is 38.1 Å². The number of esters is 1. The third-order valence-electron chi connectivity index (χ3n) is 4.47. The molecule has 0 spiro atoms. The van der Waals surface area contributed by atoms with Gasteiger partial charge in [0, 0.05) is 24.0 Å². The molecule has 0 amide bonds. The standard InChI is InChI=1S/C14H19N8O13P3/c15-13-12-14(18-6-17-13)22(7-19-12)10-4-8(33-11(23)2-1-3-20-21-16)9(32-10)5-31-37(27,28)35-38(29,30)34-36(24,25)26/h1-2,6-10H,3-5H2,(H,27,28)(H,29,30)(H2,15,17,18)(H2,24,25,26)/b2-1+/t8?,9-,10-/m1/s1. The molecule has 0 bridgehead atoms. The number of phosphoric ester groups is 1. The number of anilines is 1. The van der Waals surface area contributed by atoms with E-state index < -0.39 is 54.5 Å². The molecule has 3 rings (SSSR count). The third kappa shape index (κ3) is 8.37. The zero-order valence-electron chi connectivity index (χ0n) is 18.7. The second-order valence-corrected chi connectivity index (χ2v) is 11.5. The average Bonchev–Trinajstić information content (AvgIpc) is 3.37. The van der Waals surface area contributed by atoms with Crippen molar-refractivity contribution in [2.45, 2.75) is 24.9 Å². The number of hydrogen-bond acceptors (Lipinski definition) is 14. The van der Waals surface area contributed by atoms with Gasteiger partial charge in [-0.3, -0.25) is 9.09 Å². The Labute approximate surface area is 211 Å². The Balaban J connectivity index is 1.77. The fourth-order valence-electron chi connectivity index (χ4n) is 3.12. The first kappa shape index (κ1) is 29.8. The molecular weight excluding hydrogens is 581 g/mol. The molecule has 0 aromatic carbocycles. The molecule has 0 radical (unpaired) electrons. The molecule has 1 aliphatic rings. The van der Waals surface area contributed by atoms with Crippen LogP contribution in [0.25, 0.3) is 21.6 Å². The van der Waals surface area contributed by atoms with Crippen LogP contribution in [0.1, 0.15) is 12.6 Å². The maximum atomic E-state index is 12.2. The number of azide groups is 1. The Kier molecular flexibility index (Phi) is 9.38. The minimum absolute atomic E-state index is 0.0732. The summed E-state index contributed by atoms with van der Waals surface area (Å²) in [6.07, 6.45) is 1.19. The van der Waals surface area contributed by atoms with Crippen molar-refractivity contribution in [1.82, 2.24) is 19.5 Å². The number of imidazole rings is 1. The summed E-state index contributed by atoms with van der Waals surface area (Å²) in [5, 5.41) is 3.21. The smallest absolute Gasteiger partial charge is 0.456 e. The van der Waals surface area contributed by atoms with Crippen molar-refractivity contribution in [3.8, 4) is 0 Å². The van der Waals surface area contributed by atoms with E-state index in [4.69, 9.17) is 30.5 Å². The van der Waals surface area contributed by atoms with E-state index in [1.54, 1.807) is 0 Å². The molecule has 1 aliphatic heterocycles. The van der Waals surface area contributed by atoms with Crippen molar-refractivity contribution < 1.29 is 60.7 Å². The Bertz CT molecular complexity index is 1400. The predicted molar refractivity (Wildman–Crippen MR) is 121 cm³/mol. The number of phosphoric acid groups is 3. The lowest BCUT2D eigenvalue weighted by Gasteiger charge is -2.20. The highest BCUT2D eigenvalue weighted by atomic mass is 31.3. The zero-order chi connectivity index (χ0) is 28.1. The van der Waals surface area contributed by atoms with Crippen molar-refractivity contribution in [3.63, 3.8) is 0 Å². The van der Waals surface area contributed by atoms with Crippen LogP contribution in [0.15, 0.2) is 29.9 Å². The van der Waals surface area contributed by atoms with Gasteiger partial charge in [0.25, 0.3) is 0 Å². The minimum atomic E-state index is -5.75. The Morgan fingerprint density at radius 1 is 1.24 bits per heavy atom. The van der Waals surface area contributed by atoms with Gasteiger partial charge >= 0.3 is 29.4 Å². The van der Waals surface area contributed by atoms with Crippen LogP contribution in [0.5, 0.6) is 0 Å². The maximum absolute atomic E-state index is 12.2. The van der Waals surface area contributed by atoms with Gasteiger partial charge in [0.15, 0.2) is 11.5 Å². The van der Waals surface area contributed by atoms with E-state index in [1.165, 1.54) is 23.3 Å². The van der Waals surface area contributed by atoms with Gasteiger partial charge in [-0.05, 0) is 5.53 Å². The summed E-state index contributed by atoms with van der Waals surface area (Å²) >= 11 is 0. The third-order valence-corrected chi connectivity index (χ3v) is 8.27. The summed E-state index contributed by atoms with van der Waals surface area (Å²) < 4.78 is 58.9. The summed E-state index contributed by atoms with van der Waals surface area (Å²) in [5.74, 6) is -0.832. The molecule has 0 aliphatic carbocycles. The summed E-state index contributed by atoms with van der Waals surface area (Å²) in [7, 11) is -16.8. The van der Waals surface area contributed by atoms with Crippen LogP contribution < -0.4 is 5.73 Å². The molecule has 5 atom stereocenters. The zero-order valence-corrected chi connectivity index (χ0v) is 21.4. The van der Waals surface area contributed by atoms with Gasteiger partial charge in [-0.2, -0.15) is 8.62 Å². The van der Waals surface area contributed by atoms with Crippen LogP contribution in [0, 0.1) is 0 Å². The summed E-state index contributed by atoms with van der Waals surface area (Å²) in [6, 6.07) is 0. The molecule has 38 heavy (non-hydrogen) atoms. The Morgan fingerprint density at radius 2 is 1.97 bits per heavy atom. The van der Waals surface area contributed by atoms with E-state index >= 15 is 0 Å². The molecule has 2 aromatic heterocycles. The number of hydrogen-bond donors (Lipinski definition) is 5. The molecule has 1 saturated heterocycles. The monoisotopic (exact) mass is 600 g/mol. The van der Waals surface area contributed by atoms with Crippen molar-refractivity contribution in [3.05, 3.63) is 35.2 Å². The summed E-state index contributed by atoms with van der Waals surface area (Å²) in [6.45, 7) is -1.03. The van der Waals surface area contributed by atoms with E-state index in [-0.39, 0.29) is 29.9 Å². The summed E-state index contributed by atoms with van der Waals surface area (Å²) in [4.78, 5) is 63.0. The van der Waals surface area contributed by atoms with Crippen molar-refractivity contribution in [2.75, 3.05) is 18.9 Å². The van der Waals surface area contributed by atoms with Crippen LogP contribution in [0.4, 0.5) is 5.82 Å². The molecule has 208 valence electrons. The highest BCUT2D eigenvalue weighted by Crippen LogP contribution is 2.66. The number of carbonyl (C=O) groups is 1. The number of nitrogens with zero attached hydrogens (tertiary/aromatic N) is 7. The van der Waals surface area contributed by atoms with Crippen LogP contribution in [-0.4, -0.2) is 70.4 Å². The molecule has 0 saturated carbocycles. The number of rotatable bonds is 12. The quantitative estimate of drug-likeness (QED) is 0.0562. The molecule has 6 N–H and O–H groups in total. The fraction of sp³-hybridized carbons (Fsp3) is 0.429. The lowest BCUT2D eigenvalue weighted by molar-refractivity contribution is -0.146. The molecule has 21 nitrogen and oxygen atoms in total. The van der Waals surface area contributed by atoms with Gasteiger partial charge in [0.2, 0.25) is 0 Å². The highest BCUT2D eigenvalue weighted by molar-refractivity contribution is 7.66. The highest BCUT2D eigenvalue weighted by Gasteiger charge is 2.44. The molecule has 1 fully saturated rings. The van der Waals surface area contributed by atoms with Crippen LogP contribution in [-0.2, 0) is 41.1 Å². The molecule has 24 heteroatoms. The molecular formula is C14H19N8O13P3. The normalized spacial score (nSPS) is 23.1. The number of ether oxygens (including phenoxy) is 2. The minimum Gasteiger partial charge on any atom is -0.456 e. The average molecular weight is 600 g/mol. The van der Waals surface area contributed by atoms with Gasteiger partial charge in [-0.15, -0.1) is 0 Å². The second-order valence-electron chi connectivity index (χ2n) is 7.13.